The lowest BCUT2D eigenvalue weighted by Crippen LogP contribution is -2.31. The third-order valence-corrected chi connectivity index (χ3v) is 3.65. The van der Waals surface area contributed by atoms with Crippen LogP contribution in [0, 0.1) is 11.3 Å². The van der Waals surface area contributed by atoms with Gasteiger partial charge in [-0.05, 0) is 18.9 Å². The molecule has 0 fully saturated rings. The highest BCUT2D eigenvalue weighted by Crippen LogP contribution is 2.37. The van der Waals surface area contributed by atoms with Crippen molar-refractivity contribution >= 4 is 0 Å². The lowest BCUT2D eigenvalue weighted by Gasteiger charge is -2.28. The molecule has 1 aromatic heterocycles. The number of nitrogens with zero attached hydrogens (tertiary/aromatic N) is 4. The van der Waals surface area contributed by atoms with Crippen LogP contribution < -0.4 is 4.74 Å². The highest BCUT2D eigenvalue weighted by atomic mass is 16.5. The summed E-state index contributed by atoms with van der Waals surface area (Å²) in [6.45, 7) is 5.28. The number of hydrogen-bond donors (Lipinski definition) is 0. The molecular weight excluding hydrogens is 276 g/mol. The first-order valence-corrected chi connectivity index (χ1v) is 7.71. The van der Waals surface area contributed by atoms with Crippen LogP contribution in [0.5, 0.6) is 5.75 Å². The molecule has 5 heteroatoms. The third kappa shape index (κ3) is 3.45. The molecule has 0 saturated carbocycles. The molecule has 2 rings (SSSR count). The maximum atomic E-state index is 9.94. The second kappa shape index (κ2) is 7.60. The van der Waals surface area contributed by atoms with Gasteiger partial charge >= 0.3 is 0 Å². The fourth-order valence-electron chi connectivity index (χ4n) is 2.67. The van der Waals surface area contributed by atoms with Gasteiger partial charge in [0.15, 0.2) is 0 Å². The zero-order chi connectivity index (χ0) is 15.8. The predicted octanol–water partition coefficient (Wildman–Crippen LogP) is 3.33. The van der Waals surface area contributed by atoms with Crippen LogP contribution in [0.2, 0.25) is 0 Å². The molecule has 1 aromatic carbocycles. The Labute approximate surface area is 131 Å². The molecule has 1 heterocycles. The van der Waals surface area contributed by atoms with Crippen molar-refractivity contribution in [1.29, 1.82) is 5.26 Å². The monoisotopic (exact) mass is 298 g/mol. The number of ether oxygens (including phenoxy) is 1. The Balaban J connectivity index is 2.42. The summed E-state index contributed by atoms with van der Waals surface area (Å²) in [5.74, 6) is 0.791. The van der Waals surface area contributed by atoms with Crippen LogP contribution in [-0.2, 0) is 12.0 Å². The van der Waals surface area contributed by atoms with Gasteiger partial charge in [0.1, 0.15) is 23.8 Å². The van der Waals surface area contributed by atoms with Gasteiger partial charge in [0, 0.05) is 5.56 Å². The van der Waals surface area contributed by atoms with Crippen LogP contribution in [0.25, 0.3) is 0 Å². The Morgan fingerprint density at radius 2 is 2.09 bits per heavy atom. The predicted molar refractivity (Wildman–Crippen MR) is 84.4 cm³/mol. The van der Waals surface area contributed by atoms with E-state index in [0.717, 1.165) is 30.6 Å². The first-order chi connectivity index (χ1) is 10.8. The highest BCUT2D eigenvalue weighted by Gasteiger charge is 2.35. The number of aromatic nitrogens is 3. The number of hydrogen-bond acceptors (Lipinski definition) is 4. The molecule has 116 valence electrons. The number of benzene rings is 1. The second-order valence-corrected chi connectivity index (χ2v) is 5.38. The molecular formula is C17H22N4O. The molecule has 0 aliphatic carbocycles. The zero-order valence-corrected chi connectivity index (χ0v) is 13.2. The molecule has 2 aromatic rings. The van der Waals surface area contributed by atoms with E-state index >= 15 is 0 Å². The average molecular weight is 298 g/mol. The molecule has 1 unspecified atom stereocenters. The average Bonchev–Trinajstić information content (AvgIpc) is 3.05. The summed E-state index contributed by atoms with van der Waals surface area (Å²) in [4.78, 5) is 3.98. The maximum absolute atomic E-state index is 9.94. The molecule has 0 aliphatic rings. The Bertz CT molecular complexity index is 618. The minimum absolute atomic E-state index is 0.476. The molecule has 1 atom stereocenters. The molecule has 5 nitrogen and oxygen atoms in total. The zero-order valence-electron chi connectivity index (χ0n) is 13.2. The van der Waals surface area contributed by atoms with Crippen molar-refractivity contribution in [3.8, 4) is 11.8 Å². The van der Waals surface area contributed by atoms with E-state index in [9.17, 15) is 5.26 Å². The van der Waals surface area contributed by atoms with Crippen molar-refractivity contribution in [3.05, 3.63) is 42.5 Å². The standard InChI is InChI=1S/C17H22N4O/c1-3-9-17(11-18,12-21-14-19-13-20-21)15-7-5-6-8-16(15)22-10-4-2/h5-8,13-14H,3-4,9-10,12H2,1-2H3. The first-order valence-electron chi connectivity index (χ1n) is 7.71. The van der Waals surface area contributed by atoms with Crippen LogP contribution in [-0.4, -0.2) is 21.4 Å². The topological polar surface area (TPSA) is 63.7 Å². The first kappa shape index (κ1) is 16.0. The molecule has 0 radical (unpaired) electrons. The molecule has 0 saturated heterocycles. The van der Waals surface area contributed by atoms with Gasteiger partial charge in [-0.1, -0.05) is 38.5 Å². The van der Waals surface area contributed by atoms with Gasteiger partial charge in [-0.2, -0.15) is 10.4 Å². The number of para-hydroxylation sites is 1. The van der Waals surface area contributed by atoms with Crippen LogP contribution in [0.15, 0.2) is 36.9 Å². The fourth-order valence-corrected chi connectivity index (χ4v) is 2.67. The Hall–Kier alpha value is -2.35. The minimum atomic E-state index is -0.660. The smallest absolute Gasteiger partial charge is 0.137 e. The lowest BCUT2D eigenvalue weighted by atomic mass is 9.77. The van der Waals surface area contributed by atoms with E-state index < -0.39 is 5.41 Å². The van der Waals surface area contributed by atoms with Gasteiger partial charge in [0.2, 0.25) is 0 Å². The summed E-state index contributed by atoms with van der Waals surface area (Å²) >= 11 is 0. The molecule has 22 heavy (non-hydrogen) atoms. The van der Waals surface area contributed by atoms with E-state index in [1.165, 1.54) is 6.33 Å². The molecule has 0 N–H and O–H groups in total. The molecule has 0 spiro atoms. The summed E-state index contributed by atoms with van der Waals surface area (Å²) in [5, 5.41) is 14.1. The van der Waals surface area contributed by atoms with Gasteiger partial charge in [0.05, 0.1) is 19.2 Å². The van der Waals surface area contributed by atoms with Gasteiger partial charge in [-0.25, -0.2) is 4.98 Å². The van der Waals surface area contributed by atoms with Crippen LogP contribution in [0.3, 0.4) is 0 Å². The van der Waals surface area contributed by atoms with E-state index in [0.29, 0.717) is 13.2 Å². The largest absolute Gasteiger partial charge is 0.493 e. The van der Waals surface area contributed by atoms with Crippen molar-refractivity contribution in [2.24, 2.45) is 0 Å². The van der Waals surface area contributed by atoms with Crippen molar-refractivity contribution in [1.82, 2.24) is 14.8 Å². The van der Waals surface area contributed by atoms with E-state index in [2.05, 4.69) is 30.0 Å². The van der Waals surface area contributed by atoms with Crippen molar-refractivity contribution in [2.45, 2.75) is 45.1 Å². The summed E-state index contributed by atoms with van der Waals surface area (Å²) in [6, 6.07) is 10.3. The normalized spacial score (nSPS) is 13.3. The summed E-state index contributed by atoms with van der Waals surface area (Å²) < 4.78 is 7.58. The number of nitriles is 1. The van der Waals surface area contributed by atoms with Crippen molar-refractivity contribution in [2.75, 3.05) is 6.61 Å². The van der Waals surface area contributed by atoms with Crippen LogP contribution in [0.1, 0.15) is 38.7 Å². The lowest BCUT2D eigenvalue weighted by molar-refractivity contribution is 0.300. The van der Waals surface area contributed by atoms with E-state index in [4.69, 9.17) is 4.74 Å². The van der Waals surface area contributed by atoms with E-state index in [-0.39, 0.29) is 0 Å². The third-order valence-electron chi connectivity index (χ3n) is 3.65. The molecule has 0 amide bonds. The van der Waals surface area contributed by atoms with Gasteiger partial charge in [0.25, 0.3) is 0 Å². The van der Waals surface area contributed by atoms with E-state index in [1.54, 1.807) is 11.0 Å². The fraction of sp³-hybridized carbons (Fsp3) is 0.471. The molecule has 0 bridgehead atoms. The second-order valence-electron chi connectivity index (χ2n) is 5.38. The van der Waals surface area contributed by atoms with Gasteiger partial charge in [-0.3, -0.25) is 4.68 Å². The van der Waals surface area contributed by atoms with Crippen LogP contribution in [0.4, 0.5) is 0 Å². The van der Waals surface area contributed by atoms with Crippen molar-refractivity contribution in [3.63, 3.8) is 0 Å². The maximum Gasteiger partial charge on any atom is 0.137 e. The minimum Gasteiger partial charge on any atom is -0.493 e. The quantitative estimate of drug-likeness (QED) is 0.750. The Kier molecular flexibility index (Phi) is 5.54. The SMILES string of the molecule is CCCOc1ccccc1C(C#N)(CCC)Cn1cncn1. The molecule has 0 aliphatic heterocycles. The van der Waals surface area contributed by atoms with E-state index in [1.807, 2.05) is 24.3 Å². The van der Waals surface area contributed by atoms with Crippen molar-refractivity contribution < 1.29 is 4.74 Å². The summed E-state index contributed by atoms with van der Waals surface area (Å²) in [5.41, 5.74) is 0.274. The van der Waals surface area contributed by atoms with Gasteiger partial charge < -0.3 is 4.74 Å². The Morgan fingerprint density at radius 1 is 1.27 bits per heavy atom. The summed E-state index contributed by atoms with van der Waals surface area (Å²) in [6.07, 6.45) is 5.73. The van der Waals surface area contributed by atoms with Crippen LogP contribution >= 0.6 is 0 Å². The highest BCUT2D eigenvalue weighted by molar-refractivity contribution is 5.43. The summed E-state index contributed by atoms with van der Waals surface area (Å²) in [7, 11) is 0. The number of rotatable bonds is 8. The van der Waals surface area contributed by atoms with Gasteiger partial charge in [-0.15, -0.1) is 0 Å². The Morgan fingerprint density at radius 3 is 2.73 bits per heavy atom.